The number of carbonyl (C=O) groups is 4. The Labute approximate surface area is 293 Å². The van der Waals surface area contributed by atoms with E-state index in [0.29, 0.717) is 24.5 Å². The first-order valence-electron chi connectivity index (χ1n) is 16.3. The smallest absolute Gasteiger partial charge is 0.416 e. The zero-order valence-corrected chi connectivity index (χ0v) is 29.2. The van der Waals surface area contributed by atoms with Crippen molar-refractivity contribution in [2.45, 2.75) is 52.5 Å². The third-order valence-electron chi connectivity index (χ3n) is 7.43. The highest BCUT2D eigenvalue weighted by molar-refractivity contribution is 6.00. The highest BCUT2D eigenvalue weighted by atomic mass is 19.4. The Kier molecular flexibility index (Phi) is 14.3. The predicted molar refractivity (Wildman–Crippen MR) is 185 cm³/mol. The number of carbonyl (C=O) groups excluding carboxylic acids is 4. The number of benzene rings is 2. The fourth-order valence-corrected chi connectivity index (χ4v) is 4.84. The fraction of sp³-hybridized carbons (Fsp3) is 0.333. The van der Waals surface area contributed by atoms with Gasteiger partial charge in [-0.15, -0.1) is 0 Å². The van der Waals surface area contributed by atoms with E-state index in [-0.39, 0.29) is 46.3 Å². The van der Waals surface area contributed by atoms with Crippen molar-refractivity contribution in [3.63, 3.8) is 0 Å². The van der Waals surface area contributed by atoms with Crippen LogP contribution in [0.1, 0.15) is 105 Å². The van der Waals surface area contributed by atoms with Crippen LogP contribution in [0.4, 0.5) is 13.2 Å². The molecule has 0 spiro atoms. The second-order valence-electron chi connectivity index (χ2n) is 11.0. The molecular weight excluding hydrogens is 669 g/mol. The van der Waals surface area contributed by atoms with Crippen LogP contribution in [0, 0.1) is 0 Å². The van der Waals surface area contributed by atoms with E-state index in [1.165, 1.54) is 32.3 Å². The van der Waals surface area contributed by atoms with Gasteiger partial charge in [-0.1, -0.05) is 49.4 Å². The van der Waals surface area contributed by atoms with Crippen LogP contribution in [0.3, 0.4) is 0 Å². The number of H-pyrrole nitrogens is 2. The molecule has 4 rings (SSSR count). The molecule has 274 valence electrons. The second-order valence-corrected chi connectivity index (χ2v) is 11.0. The van der Waals surface area contributed by atoms with E-state index >= 15 is 0 Å². The predicted octanol–water partition coefficient (Wildman–Crippen LogP) is 5.94. The summed E-state index contributed by atoms with van der Waals surface area (Å²) in [6.45, 7) is 8.04. The van der Waals surface area contributed by atoms with E-state index in [1.807, 2.05) is 44.2 Å². The highest BCUT2D eigenvalue weighted by Gasteiger charge is 2.31. The van der Waals surface area contributed by atoms with Crippen molar-refractivity contribution in [1.82, 2.24) is 31.2 Å². The molecule has 0 aliphatic rings. The molecule has 12 nitrogen and oxygen atoms in total. The molecule has 2 heterocycles. The van der Waals surface area contributed by atoms with Gasteiger partial charge in [0, 0.05) is 39.3 Å². The third kappa shape index (κ3) is 10.6. The van der Waals surface area contributed by atoms with Crippen LogP contribution in [0.15, 0.2) is 66.7 Å². The van der Waals surface area contributed by atoms with Crippen LogP contribution >= 0.6 is 0 Å². The standard InChI is InChI=1S/C18H20F3N3O3.C18H23N3O3/c1-4-23-16(25)13-9-14(15(24-13)17(26)22-3)27-10(2)11-6-5-7-12(8-11)18(19,20)21;1-4-14(12-9-7-6-8-10-12)24-15-11-13(17(22)20-5-2)21-16(15)18(23)19-3/h5-10,24H,4H2,1-3H3,(H,22,26)(H,23,25);6-11,14,21H,4-5H2,1-3H3,(H,19,23)(H,20,22). The van der Waals surface area contributed by atoms with Crippen molar-refractivity contribution in [1.29, 1.82) is 0 Å². The van der Waals surface area contributed by atoms with Crippen LogP contribution in [0.2, 0.25) is 0 Å². The molecule has 0 bridgehead atoms. The number of halogens is 3. The average molecular weight is 713 g/mol. The lowest BCUT2D eigenvalue weighted by Crippen LogP contribution is -2.23. The van der Waals surface area contributed by atoms with Gasteiger partial charge in [-0.05, 0) is 50.5 Å². The molecule has 0 saturated heterocycles. The number of hydrogen-bond acceptors (Lipinski definition) is 6. The van der Waals surface area contributed by atoms with Crippen LogP contribution in [-0.2, 0) is 6.18 Å². The molecule has 6 N–H and O–H groups in total. The van der Waals surface area contributed by atoms with Gasteiger partial charge in [0.15, 0.2) is 11.5 Å². The minimum absolute atomic E-state index is 0.0116. The van der Waals surface area contributed by atoms with Crippen LogP contribution in [0.5, 0.6) is 11.5 Å². The Hall–Kier alpha value is -5.73. The number of hydrogen-bond donors (Lipinski definition) is 6. The maximum Gasteiger partial charge on any atom is 0.416 e. The number of nitrogens with one attached hydrogen (secondary N) is 6. The van der Waals surface area contributed by atoms with E-state index in [9.17, 15) is 32.3 Å². The number of amides is 4. The number of rotatable bonds is 13. The third-order valence-corrected chi connectivity index (χ3v) is 7.43. The van der Waals surface area contributed by atoms with E-state index in [4.69, 9.17) is 9.47 Å². The molecule has 0 radical (unpaired) electrons. The molecule has 15 heteroatoms. The Morgan fingerprint density at radius 2 is 1.18 bits per heavy atom. The fourth-order valence-electron chi connectivity index (χ4n) is 4.84. The molecule has 2 aromatic carbocycles. The number of aromatic nitrogens is 2. The molecule has 0 fully saturated rings. The molecule has 51 heavy (non-hydrogen) atoms. The highest BCUT2D eigenvalue weighted by Crippen LogP contribution is 2.33. The first kappa shape index (κ1) is 39.7. The Balaban J connectivity index is 0.000000277. The van der Waals surface area contributed by atoms with Gasteiger partial charge in [0.05, 0.1) is 5.56 Å². The molecule has 2 aromatic heterocycles. The lowest BCUT2D eigenvalue weighted by Gasteiger charge is -2.17. The molecule has 2 unspecified atom stereocenters. The first-order chi connectivity index (χ1) is 24.3. The van der Waals surface area contributed by atoms with Crippen molar-refractivity contribution in [2.75, 3.05) is 27.2 Å². The van der Waals surface area contributed by atoms with Crippen molar-refractivity contribution >= 4 is 23.6 Å². The zero-order chi connectivity index (χ0) is 37.7. The van der Waals surface area contributed by atoms with E-state index in [2.05, 4.69) is 31.2 Å². The topological polar surface area (TPSA) is 166 Å². The number of ether oxygens (including phenoxy) is 2. The second kappa shape index (κ2) is 18.3. The van der Waals surface area contributed by atoms with Gasteiger partial charge in [0.25, 0.3) is 23.6 Å². The van der Waals surface area contributed by atoms with E-state index in [0.717, 1.165) is 24.1 Å². The van der Waals surface area contributed by atoms with E-state index < -0.39 is 29.7 Å². The summed E-state index contributed by atoms with van der Waals surface area (Å²) in [5.41, 5.74) is 1.18. The SMILES string of the molecule is CCNC(=O)c1cc(OC(C)c2cccc(C(F)(F)F)c2)c(C(=O)NC)[nH]1.CCNC(=O)c1cc(OC(CC)c2ccccc2)c(C(=O)NC)[nH]1. The van der Waals surface area contributed by atoms with Crippen molar-refractivity contribution in [3.05, 3.63) is 106 Å². The first-order valence-corrected chi connectivity index (χ1v) is 16.3. The van der Waals surface area contributed by atoms with Gasteiger partial charge in [-0.25, -0.2) is 0 Å². The summed E-state index contributed by atoms with van der Waals surface area (Å²) in [5, 5.41) is 10.3. The van der Waals surface area contributed by atoms with Gasteiger partial charge >= 0.3 is 6.18 Å². The van der Waals surface area contributed by atoms with Crippen molar-refractivity contribution < 1.29 is 41.8 Å². The summed E-state index contributed by atoms with van der Waals surface area (Å²) in [6.07, 6.45) is -4.72. The monoisotopic (exact) mass is 712 g/mol. The minimum atomic E-state index is -4.47. The molecule has 0 saturated carbocycles. The van der Waals surface area contributed by atoms with Gasteiger partial charge < -0.3 is 40.7 Å². The number of alkyl halides is 3. The van der Waals surface area contributed by atoms with Gasteiger partial charge in [-0.2, -0.15) is 13.2 Å². The van der Waals surface area contributed by atoms with E-state index in [1.54, 1.807) is 19.9 Å². The summed E-state index contributed by atoms with van der Waals surface area (Å²) in [5.74, 6) is -1.11. The Bertz CT molecular complexity index is 1790. The number of aromatic amines is 2. The van der Waals surface area contributed by atoms with Gasteiger partial charge in [0.1, 0.15) is 35.0 Å². The summed E-state index contributed by atoms with van der Waals surface area (Å²) >= 11 is 0. The molecular formula is C36H43F3N6O6. The molecule has 2 atom stereocenters. The molecule has 4 aromatic rings. The summed E-state index contributed by atoms with van der Waals surface area (Å²) in [4.78, 5) is 53.6. The maximum absolute atomic E-state index is 12.9. The molecule has 4 amide bonds. The maximum atomic E-state index is 12.9. The normalized spacial score (nSPS) is 12.0. The molecule has 0 aliphatic heterocycles. The van der Waals surface area contributed by atoms with Gasteiger partial charge in [-0.3, -0.25) is 19.2 Å². The minimum Gasteiger partial charge on any atom is -0.484 e. The van der Waals surface area contributed by atoms with Crippen molar-refractivity contribution in [3.8, 4) is 11.5 Å². The van der Waals surface area contributed by atoms with Crippen LogP contribution in [0.25, 0.3) is 0 Å². The zero-order valence-electron chi connectivity index (χ0n) is 29.2. The van der Waals surface area contributed by atoms with Gasteiger partial charge in [0.2, 0.25) is 0 Å². The van der Waals surface area contributed by atoms with Crippen LogP contribution in [-0.4, -0.2) is 60.8 Å². The Morgan fingerprint density at radius 3 is 1.63 bits per heavy atom. The lowest BCUT2D eigenvalue weighted by atomic mass is 10.1. The summed E-state index contributed by atoms with van der Waals surface area (Å²) in [7, 11) is 2.95. The van der Waals surface area contributed by atoms with Crippen molar-refractivity contribution in [2.24, 2.45) is 0 Å². The summed E-state index contributed by atoms with van der Waals surface area (Å²) < 4.78 is 50.4. The largest absolute Gasteiger partial charge is 0.484 e. The molecule has 0 aliphatic carbocycles. The summed E-state index contributed by atoms with van der Waals surface area (Å²) in [6, 6.07) is 17.4. The Morgan fingerprint density at radius 1 is 0.686 bits per heavy atom. The van der Waals surface area contributed by atoms with Crippen LogP contribution < -0.4 is 30.7 Å². The lowest BCUT2D eigenvalue weighted by molar-refractivity contribution is -0.137. The average Bonchev–Trinajstić information content (AvgIpc) is 3.75. The quantitative estimate of drug-likeness (QED) is 0.100.